The van der Waals surface area contributed by atoms with E-state index in [1.807, 2.05) is 6.92 Å². The molecular weight excluding hydrogens is 256 g/mol. The van der Waals surface area contributed by atoms with E-state index in [-0.39, 0.29) is 0 Å². The minimum atomic E-state index is -0.863. The number of hydrogen-bond donors (Lipinski definition) is 1. The first kappa shape index (κ1) is 19.1. The van der Waals surface area contributed by atoms with Gasteiger partial charge in [-0.25, -0.2) is 4.79 Å². The summed E-state index contributed by atoms with van der Waals surface area (Å²) < 4.78 is 10.1. The zero-order chi connectivity index (χ0) is 14.9. The molecule has 2 saturated heterocycles. The number of carboxylic acids is 1. The molecule has 0 saturated carbocycles. The van der Waals surface area contributed by atoms with Crippen molar-refractivity contribution < 1.29 is 19.4 Å². The highest BCUT2D eigenvalue weighted by Gasteiger charge is 1.95. The summed E-state index contributed by atoms with van der Waals surface area (Å²) in [4.78, 5) is 9.79. The Morgan fingerprint density at radius 2 is 1.40 bits per heavy atom. The van der Waals surface area contributed by atoms with Crippen LogP contribution >= 0.6 is 0 Å². The fraction of sp³-hybridized carbons (Fsp3) is 0.812. The van der Waals surface area contributed by atoms with Crippen LogP contribution in [0.2, 0.25) is 0 Å². The first-order valence-electron chi connectivity index (χ1n) is 7.82. The first-order valence-corrected chi connectivity index (χ1v) is 7.82. The Balaban J connectivity index is 0.000000274. The second-order valence-corrected chi connectivity index (χ2v) is 4.88. The van der Waals surface area contributed by atoms with Gasteiger partial charge in [0.2, 0.25) is 0 Å². The van der Waals surface area contributed by atoms with Crippen molar-refractivity contribution in [3.05, 3.63) is 12.2 Å². The van der Waals surface area contributed by atoms with Gasteiger partial charge >= 0.3 is 5.97 Å². The van der Waals surface area contributed by atoms with E-state index >= 15 is 0 Å². The van der Waals surface area contributed by atoms with Crippen LogP contribution in [0.1, 0.15) is 58.3 Å². The van der Waals surface area contributed by atoms with Crippen molar-refractivity contribution in [2.24, 2.45) is 0 Å². The van der Waals surface area contributed by atoms with Crippen molar-refractivity contribution in [3.8, 4) is 0 Å². The Morgan fingerprint density at radius 3 is 1.60 bits per heavy atom. The van der Waals surface area contributed by atoms with Crippen LogP contribution in [0.4, 0.5) is 0 Å². The summed E-state index contributed by atoms with van der Waals surface area (Å²) in [5.74, 6) is -0.863. The number of unbranched alkanes of at least 4 members (excludes halogenated alkanes) is 1. The molecule has 2 aliphatic rings. The van der Waals surface area contributed by atoms with Crippen molar-refractivity contribution >= 4 is 5.97 Å². The molecule has 20 heavy (non-hydrogen) atoms. The van der Waals surface area contributed by atoms with Gasteiger partial charge in [0, 0.05) is 32.5 Å². The third-order valence-corrected chi connectivity index (χ3v) is 2.87. The average molecular weight is 286 g/mol. The number of carboxylic acid groups (broad SMARTS) is 1. The molecule has 4 heteroatoms. The smallest absolute Gasteiger partial charge is 0.327 e. The molecule has 0 aromatic heterocycles. The van der Waals surface area contributed by atoms with Crippen LogP contribution in [0.5, 0.6) is 0 Å². The van der Waals surface area contributed by atoms with E-state index in [4.69, 9.17) is 14.6 Å². The van der Waals surface area contributed by atoms with E-state index in [0.29, 0.717) is 0 Å². The fourth-order valence-electron chi connectivity index (χ4n) is 1.72. The molecule has 0 aliphatic carbocycles. The van der Waals surface area contributed by atoms with Gasteiger partial charge in [-0.3, -0.25) is 0 Å². The summed E-state index contributed by atoms with van der Waals surface area (Å²) in [5.41, 5.74) is 0. The molecule has 2 fully saturated rings. The number of ether oxygens (including phenoxy) is 2. The Hall–Kier alpha value is -0.870. The van der Waals surface area contributed by atoms with Crippen LogP contribution in [0.15, 0.2) is 12.2 Å². The van der Waals surface area contributed by atoms with Crippen molar-refractivity contribution in [2.45, 2.75) is 58.3 Å². The van der Waals surface area contributed by atoms with E-state index in [1.165, 1.54) is 44.6 Å². The normalized spacial score (nSPS) is 18.4. The average Bonchev–Trinajstić information content (AvgIpc) is 2.52. The lowest BCUT2D eigenvalue weighted by atomic mass is 10.2. The monoisotopic (exact) mass is 286 g/mol. The molecule has 0 bridgehead atoms. The molecule has 2 heterocycles. The minimum Gasteiger partial charge on any atom is -0.478 e. The highest BCUT2D eigenvalue weighted by molar-refractivity contribution is 5.79. The fourth-order valence-corrected chi connectivity index (χ4v) is 1.72. The number of rotatable bonds is 3. The van der Waals surface area contributed by atoms with Crippen LogP contribution in [-0.4, -0.2) is 37.5 Å². The SMILES string of the molecule is C1CCOCC1.C1CCOCC1.CCC/C=C/C(=O)O. The summed E-state index contributed by atoms with van der Waals surface area (Å²) in [6.07, 6.45) is 12.5. The van der Waals surface area contributed by atoms with Crippen molar-refractivity contribution in [3.63, 3.8) is 0 Å². The molecule has 0 unspecified atom stereocenters. The zero-order valence-corrected chi connectivity index (χ0v) is 12.8. The number of carbonyl (C=O) groups is 1. The summed E-state index contributed by atoms with van der Waals surface area (Å²) in [6, 6.07) is 0. The molecule has 0 radical (unpaired) electrons. The molecule has 2 rings (SSSR count). The van der Waals surface area contributed by atoms with Crippen molar-refractivity contribution in [2.75, 3.05) is 26.4 Å². The van der Waals surface area contributed by atoms with Gasteiger partial charge in [0.05, 0.1) is 0 Å². The first-order chi connectivity index (χ1) is 9.77. The predicted octanol–water partition coefficient (Wildman–Crippen LogP) is 3.80. The van der Waals surface area contributed by atoms with Gasteiger partial charge in [-0.15, -0.1) is 0 Å². The highest BCUT2D eigenvalue weighted by atomic mass is 16.5. The molecule has 0 aromatic carbocycles. The Labute approximate surface area is 123 Å². The van der Waals surface area contributed by atoms with Gasteiger partial charge in [0.15, 0.2) is 0 Å². The third kappa shape index (κ3) is 17.1. The minimum absolute atomic E-state index is 0.853. The van der Waals surface area contributed by atoms with Crippen LogP contribution in [0, 0.1) is 0 Å². The molecule has 0 atom stereocenters. The van der Waals surface area contributed by atoms with Gasteiger partial charge in [0.1, 0.15) is 0 Å². The predicted molar refractivity (Wildman–Crippen MR) is 81.0 cm³/mol. The van der Waals surface area contributed by atoms with E-state index in [0.717, 1.165) is 39.3 Å². The lowest BCUT2D eigenvalue weighted by Crippen LogP contribution is -2.03. The maximum Gasteiger partial charge on any atom is 0.327 e. The largest absolute Gasteiger partial charge is 0.478 e. The van der Waals surface area contributed by atoms with Crippen LogP contribution in [0.3, 0.4) is 0 Å². The number of allylic oxidation sites excluding steroid dienone is 1. The lowest BCUT2D eigenvalue weighted by Gasteiger charge is -2.08. The molecule has 0 spiro atoms. The van der Waals surface area contributed by atoms with Gasteiger partial charge in [-0.05, 0) is 44.9 Å². The summed E-state index contributed by atoms with van der Waals surface area (Å²) in [7, 11) is 0. The molecule has 4 nitrogen and oxygen atoms in total. The standard InChI is InChI=1S/C6H10O2.2C5H10O/c1-2-3-4-5-6(7)8;2*1-2-4-6-5-3-1/h4-5H,2-3H2,1H3,(H,7,8);2*1-5H2/b5-4+;;. The Morgan fingerprint density at radius 1 is 0.950 bits per heavy atom. The third-order valence-electron chi connectivity index (χ3n) is 2.87. The Kier molecular flexibility index (Phi) is 15.5. The van der Waals surface area contributed by atoms with E-state index in [2.05, 4.69) is 0 Å². The maximum atomic E-state index is 9.79. The lowest BCUT2D eigenvalue weighted by molar-refractivity contribution is -0.131. The van der Waals surface area contributed by atoms with E-state index in [9.17, 15) is 4.79 Å². The van der Waals surface area contributed by atoms with E-state index < -0.39 is 5.97 Å². The second kappa shape index (κ2) is 16.2. The van der Waals surface area contributed by atoms with Gasteiger partial charge < -0.3 is 14.6 Å². The van der Waals surface area contributed by atoms with E-state index in [1.54, 1.807) is 6.08 Å². The Bertz CT molecular complexity index is 196. The molecule has 0 aromatic rings. The van der Waals surface area contributed by atoms with Crippen LogP contribution in [0.25, 0.3) is 0 Å². The summed E-state index contributed by atoms with van der Waals surface area (Å²) in [6.45, 7) is 6.01. The summed E-state index contributed by atoms with van der Waals surface area (Å²) in [5, 5.41) is 8.05. The maximum absolute atomic E-state index is 9.79. The van der Waals surface area contributed by atoms with Gasteiger partial charge in [-0.1, -0.05) is 19.4 Å². The summed E-state index contributed by atoms with van der Waals surface area (Å²) >= 11 is 0. The van der Waals surface area contributed by atoms with Crippen LogP contribution in [-0.2, 0) is 14.3 Å². The van der Waals surface area contributed by atoms with Gasteiger partial charge in [0.25, 0.3) is 0 Å². The highest BCUT2D eigenvalue weighted by Crippen LogP contribution is 2.02. The molecular formula is C16H30O4. The molecule has 2 aliphatic heterocycles. The van der Waals surface area contributed by atoms with Crippen LogP contribution < -0.4 is 0 Å². The van der Waals surface area contributed by atoms with Crippen molar-refractivity contribution in [1.29, 1.82) is 0 Å². The molecule has 1 N–H and O–H groups in total. The number of aliphatic carboxylic acids is 1. The number of hydrogen-bond acceptors (Lipinski definition) is 3. The zero-order valence-electron chi connectivity index (χ0n) is 12.8. The second-order valence-electron chi connectivity index (χ2n) is 4.88. The molecule has 0 amide bonds. The quantitative estimate of drug-likeness (QED) is 0.802. The topological polar surface area (TPSA) is 55.8 Å². The van der Waals surface area contributed by atoms with Crippen molar-refractivity contribution in [1.82, 2.24) is 0 Å². The molecule has 118 valence electrons. The van der Waals surface area contributed by atoms with Gasteiger partial charge in [-0.2, -0.15) is 0 Å².